The van der Waals surface area contributed by atoms with Crippen LogP contribution in [0.2, 0.25) is 0 Å². The second-order valence-corrected chi connectivity index (χ2v) is 5.31. The molecule has 0 fully saturated rings. The molecule has 2 aromatic rings. The fourth-order valence-corrected chi connectivity index (χ4v) is 2.83. The molecule has 2 aromatic carbocycles. The first-order valence-electron chi connectivity index (χ1n) is 5.27. The molecular weight excluding hydrogens is 251 g/mol. The highest BCUT2D eigenvalue weighted by molar-refractivity contribution is 7.99. The quantitative estimate of drug-likeness (QED) is 0.705. The number of thioether (sulfide) groups is 2. The highest BCUT2D eigenvalue weighted by Gasteiger charge is 2.04. The lowest BCUT2D eigenvalue weighted by Gasteiger charge is -2.08. The molecule has 0 aromatic heterocycles. The van der Waals surface area contributed by atoms with Crippen molar-refractivity contribution >= 4 is 23.5 Å². The maximum atomic E-state index is 12.3. The average Bonchev–Trinajstić information content (AvgIpc) is 2.39. The van der Waals surface area contributed by atoms with E-state index in [0.717, 1.165) is 10.5 Å². The van der Waals surface area contributed by atoms with E-state index < -0.39 is 0 Å². The van der Waals surface area contributed by atoms with Crippen molar-refractivity contribution in [2.45, 2.75) is 9.79 Å². The molecule has 88 valence electrons. The molecule has 0 saturated heterocycles. The minimum Gasteiger partial charge on any atom is -0.239 e. The van der Waals surface area contributed by atoms with E-state index >= 15 is 0 Å². The van der Waals surface area contributed by atoms with Crippen molar-refractivity contribution in [1.29, 1.82) is 0 Å². The molecule has 0 heterocycles. The van der Waals surface area contributed by atoms with Gasteiger partial charge < -0.3 is 0 Å². The SMILES string of the molecule is CSc1ccccc1-c1cccc(SCF)c1. The molecule has 0 aliphatic rings. The van der Waals surface area contributed by atoms with E-state index in [9.17, 15) is 4.39 Å². The van der Waals surface area contributed by atoms with Gasteiger partial charge in [0.2, 0.25) is 0 Å². The van der Waals surface area contributed by atoms with E-state index in [1.807, 2.05) is 30.3 Å². The summed E-state index contributed by atoms with van der Waals surface area (Å²) in [7, 11) is 0. The molecule has 0 radical (unpaired) electrons. The van der Waals surface area contributed by atoms with Gasteiger partial charge in [-0.25, -0.2) is 4.39 Å². The summed E-state index contributed by atoms with van der Waals surface area (Å²) in [6.07, 6.45) is 2.07. The van der Waals surface area contributed by atoms with Crippen molar-refractivity contribution in [3.05, 3.63) is 48.5 Å². The van der Waals surface area contributed by atoms with Crippen LogP contribution in [0.5, 0.6) is 0 Å². The fourth-order valence-electron chi connectivity index (χ4n) is 1.70. The van der Waals surface area contributed by atoms with E-state index in [2.05, 4.69) is 24.5 Å². The van der Waals surface area contributed by atoms with Crippen LogP contribution in [0.3, 0.4) is 0 Å². The Morgan fingerprint density at radius 1 is 1.06 bits per heavy atom. The maximum Gasteiger partial charge on any atom is 0.139 e. The third-order valence-electron chi connectivity index (χ3n) is 2.47. The van der Waals surface area contributed by atoms with E-state index in [1.54, 1.807) is 11.8 Å². The summed E-state index contributed by atoms with van der Waals surface area (Å²) in [6, 6.07) is 15.9. The zero-order valence-corrected chi connectivity index (χ0v) is 11.2. The van der Waals surface area contributed by atoms with Crippen LogP contribution in [0.25, 0.3) is 11.1 Å². The second kappa shape index (κ2) is 6.12. The van der Waals surface area contributed by atoms with Crippen molar-refractivity contribution in [3.63, 3.8) is 0 Å². The molecule has 0 atom stereocenters. The Morgan fingerprint density at radius 3 is 2.65 bits per heavy atom. The van der Waals surface area contributed by atoms with Crippen molar-refractivity contribution in [3.8, 4) is 11.1 Å². The Kier molecular flexibility index (Phi) is 4.51. The minimum atomic E-state index is -0.381. The average molecular weight is 264 g/mol. The number of halogens is 1. The van der Waals surface area contributed by atoms with E-state index in [0.29, 0.717) is 0 Å². The van der Waals surface area contributed by atoms with Gasteiger partial charge in [0.1, 0.15) is 6.01 Å². The van der Waals surface area contributed by atoms with Crippen LogP contribution in [0.4, 0.5) is 4.39 Å². The lowest BCUT2D eigenvalue weighted by atomic mass is 10.1. The Labute approximate surface area is 110 Å². The first-order valence-corrected chi connectivity index (χ1v) is 7.48. The highest BCUT2D eigenvalue weighted by Crippen LogP contribution is 2.32. The zero-order valence-electron chi connectivity index (χ0n) is 9.52. The van der Waals surface area contributed by atoms with Crippen LogP contribution in [-0.4, -0.2) is 12.3 Å². The van der Waals surface area contributed by atoms with E-state index in [1.165, 1.54) is 22.2 Å². The van der Waals surface area contributed by atoms with Gasteiger partial charge in [-0.3, -0.25) is 0 Å². The van der Waals surface area contributed by atoms with Crippen LogP contribution < -0.4 is 0 Å². The van der Waals surface area contributed by atoms with Crippen LogP contribution in [0.15, 0.2) is 58.3 Å². The third-order valence-corrected chi connectivity index (χ3v) is 3.97. The molecular formula is C14H13FS2. The predicted molar refractivity (Wildman–Crippen MR) is 75.5 cm³/mol. The molecule has 0 bridgehead atoms. The Bertz CT molecular complexity index is 497. The first-order chi connectivity index (χ1) is 8.35. The van der Waals surface area contributed by atoms with Gasteiger partial charge in [0.05, 0.1) is 0 Å². The molecule has 0 nitrogen and oxygen atoms in total. The number of alkyl halides is 1. The molecule has 0 saturated carbocycles. The summed E-state index contributed by atoms with van der Waals surface area (Å²) in [6.45, 7) is 0. The van der Waals surface area contributed by atoms with Gasteiger partial charge in [-0.05, 0) is 35.6 Å². The zero-order chi connectivity index (χ0) is 12.1. The van der Waals surface area contributed by atoms with Crippen LogP contribution >= 0.6 is 23.5 Å². The smallest absolute Gasteiger partial charge is 0.139 e. The summed E-state index contributed by atoms with van der Waals surface area (Å²) in [5, 5.41) is 0. The Balaban J connectivity index is 2.41. The lowest BCUT2D eigenvalue weighted by Crippen LogP contribution is -1.82. The topological polar surface area (TPSA) is 0 Å². The normalized spacial score (nSPS) is 10.5. The highest BCUT2D eigenvalue weighted by atomic mass is 32.2. The standard InChI is InChI=1S/C14H13FS2/c1-16-14-8-3-2-7-13(14)11-5-4-6-12(9-11)17-10-15/h2-9H,10H2,1H3. The molecule has 0 N–H and O–H groups in total. The third kappa shape index (κ3) is 3.05. The van der Waals surface area contributed by atoms with Crippen molar-refractivity contribution in [2.75, 3.05) is 12.3 Å². The summed E-state index contributed by atoms with van der Waals surface area (Å²) in [4.78, 5) is 2.22. The van der Waals surface area contributed by atoms with Gasteiger partial charge in [0.15, 0.2) is 0 Å². The van der Waals surface area contributed by atoms with Gasteiger partial charge in [0.25, 0.3) is 0 Å². The Morgan fingerprint density at radius 2 is 1.88 bits per heavy atom. The molecule has 0 spiro atoms. The molecule has 0 unspecified atom stereocenters. The molecule has 2 rings (SSSR count). The molecule has 17 heavy (non-hydrogen) atoms. The van der Waals surface area contributed by atoms with Crippen molar-refractivity contribution < 1.29 is 4.39 Å². The number of rotatable bonds is 4. The second-order valence-electron chi connectivity index (χ2n) is 3.48. The largest absolute Gasteiger partial charge is 0.239 e. The first kappa shape index (κ1) is 12.5. The molecule has 3 heteroatoms. The molecule has 0 amide bonds. The summed E-state index contributed by atoms with van der Waals surface area (Å²) in [5.41, 5.74) is 2.36. The maximum absolute atomic E-state index is 12.3. The van der Waals surface area contributed by atoms with Crippen molar-refractivity contribution in [1.82, 2.24) is 0 Å². The molecule has 0 aliphatic heterocycles. The van der Waals surface area contributed by atoms with Gasteiger partial charge in [0, 0.05) is 9.79 Å². The summed E-state index contributed by atoms with van der Waals surface area (Å²) in [5.74, 6) is 0. The van der Waals surface area contributed by atoms with E-state index in [4.69, 9.17) is 0 Å². The van der Waals surface area contributed by atoms with E-state index in [-0.39, 0.29) is 6.01 Å². The van der Waals surface area contributed by atoms with Crippen LogP contribution in [0, 0.1) is 0 Å². The minimum absolute atomic E-state index is 0.381. The summed E-state index contributed by atoms with van der Waals surface area (Å²) >= 11 is 2.95. The van der Waals surface area contributed by atoms with Gasteiger partial charge >= 0.3 is 0 Å². The monoisotopic (exact) mass is 264 g/mol. The lowest BCUT2D eigenvalue weighted by molar-refractivity contribution is 0.606. The van der Waals surface area contributed by atoms with Crippen molar-refractivity contribution in [2.24, 2.45) is 0 Å². The number of hydrogen-bond donors (Lipinski definition) is 0. The van der Waals surface area contributed by atoms with Gasteiger partial charge in [-0.2, -0.15) is 0 Å². The van der Waals surface area contributed by atoms with Gasteiger partial charge in [-0.1, -0.05) is 42.1 Å². The number of benzene rings is 2. The molecule has 0 aliphatic carbocycles. The van der Waals surface area contributed by atoms with Crippen LogP contribution in [-0.2, 0) is 0 Å². The predicted octanol–water partition coefficient (Wildman–Crippen LogP) is 5.09. The Hall–Kier alpha value is -0.930. The number of hydrogen-bond acceptors (Lipinski definition) is 2. The fraction of sp³-hybridized carbons (Fsp3) is 0.143. The summed E-state index contributed by atoms with van der Waals surface area (Å²) < 4.78 is 12.3. The van der Waals surface area contributed by atoms with Gasteiger partial charge in [-0.15, -0.1) is 11.8 Å². The van der Waals surface area contributed by atoms with Crippen LogP contribution in [0.1, 0.15) is 0 Å².